The zero-order valence-electron chi connectivity index (χ0n) is 14.9. The summed E-state index contributed by atoms with van der Waals surface area (Å²) >= 11 is 0. The largest absolute Gasteiger partial charge is 0.454 e. The summed E-state index contributed by atoms with van der Waals surface area (Å²) in [5.41, 5.74) is 4.80. The van der Waals surface area contributed by atoms with Crippen LogP contribution in [0.3, 0.4) is 0 Å². The molecular formula is C17H18F3N3O5. The van der Waals surface area contributed by atoms with Crippen LogP contribution in [0.15, 0.2) is 36.5 Å². The number of nitrogens with one attached hydrogen (secondary N) is 2. The van der Waals surface area contributed by atoms with Crippen molar-refractivity contribution in [2.75, 3.05) is 5.32 Å². The molecule has 3 amide bonds. The number of para-hydroxylation sites is 1. The third-order valence-corrected chi connectivity index (χ3v) is 3.24. The Labute approximate surface area is 157 Å². The van der Waals surface area contributed by atoms with Gasteiger partial charge in [0.05, 0.1) is 11.3 Å². The van der Waals surface area contributed by atoms with Gasteiger partial charge in [0, 0.05) is 12.3 Å². The number of carbonyl (C=O) groups excluding carboxylic acids is 4. The molecule has 1 rings (SSSR count). The van der Waals surface area contributed by atoms with Crippen LogP contribution in [-0.2, 0) is 14.3 Å². The van der Waals surface area contributed by atoms with Gasteiger partial charge in [-0.15, -0.1) is 0 Å². The van der Waals surface area contributed by atoms with Gasteiger partial charge in [0.25, 0.3) is 11.7 Å². The molecule has 1 aromatic rings. The van der Waals surface area contributed by atoms with Gasteiger partial charge in [-0.3, -0.25) is 14.9 Å². The van der Waals surface area contributed by atoms with E-state index in [1.54, 1.807) is 13.8 Å². The third-order valence-electron chi connectivity index (χ3n) is 3.24. The van der Waals surface area contributed by atoms with Crippen molar-refractivity contribution in [3.63, 3.8) is 0 Å². The second kappa shape index (κ2) is 9.53. The molecule has 0 aliphatic carbocycles. The van der Waals surface area contributed by atoms with Gasteiger partial charge >= 0.3 is 18.2 Å². The van der Waals surface area contributed by atoms with Crippen LogP contribution in [0, 0.1) is 5.92 Å². The molecule has 28 heavy (non-hydrogen) atoms. The van der Waals surface area contributed by atoms with E-state index in [0.29, 0.717) is 0 Å². The van der Waals surface area contributed by atoms with Crippen LogP contribution in [0.5, 0.6) is 0 Å². The molecule has 4 N–H and O–H groups in total. The molecule has 0 spiro atoms. The summed E-state index contributed by atoms with van der Waals surface area (Å²) in [5.74, 6) is -4.48. The van der Waals surface area contributed by atoms with Gasteiger partial charge in [-0.05, 0) is 18.1 Å². The van der Waals surface area contributed by atoms with Crippen molar-refractivity contribution in [2.24, 2.45) is 11.7 Å². The van der Waals surface area contributed by atoms with Crippen LogP contribution < -0.4 is 16.4 Å². The molecule has 0 aliphatic rings. The van der Waals surface area contributed by atoms with E-state index in [2.05, 4.69) is 5.32 Å². The number of amides is 3. The van der Waals surface area contributed by atoms with Crippen LogP contribution >= 0.6 is 0 Å². The molecule has 0 fully saturated rings. The second-order valence-electron chi connectivity index (χ2n) is 5.81. The van der Waals surface area contributed by atoms with E-state index >= 15 is 0 Å². The van der Waals surface area contributed by atoms with E-state index in [9.17, 15) is 32.3 Å². The predicted octanol–water partition coefficient (Wildman–Crippen LogP) is 2.12. The van der Waals surface area contributed by atoms with E-state index in [4.69, 9.17) is 10.5 Å². The molecule has 11 heteroatoms. The van der Waals surface area contributed by atoms with Crippen molar-refractivity contribution in [3.05, 3.63) is 42.1 Å². The fraction of sp³-hybridized carbons (Fsp3) is 0.294. The van der Waals surface area contributed by atoms with Crippen LogP contribution in [0.2, 0.25) is 0 Å². The number of carbonyl (C=O) groups is 4. The lowest BCUT2D eigenvalue weighted by atomic mass is 10.1. The lowest BCUT2D eigenvalue weighted by Gasteiger charge is -2.20. The molecule has 0 bridgehead atoms. The smallest absolute Gasteiger partial charge is 0.448 e. The first-order valence-corrected chi connectivity index (χ1v) is 7.88. The monoisotopic (exact) mass is 401 g/mol. The number of halogens is 3. The van der Waals surface area contributed by atoms with Crippen molar-refractivity contribution in [1.29, 1.82) is 0 Å². The first kappa shape index (κ1) is 22.7. The fourth-order valence-electron chi connectivity index (χ4n) is 1.95. The lowest BCUT2D eigenvalue weighted by Crippen LogP contribution is -2.45. The summed E-state index contributed by atoms with van der Waals surface area (Å²) in [6.45, 7) is 3.13. The average molecular weight is 401 g/mol. The maximum absolute atomic E-state index is 12.4. The highest BCUT2D eigenvalue weighted by atomic mass is 19.4. The van der Waals surface area contributed by atoms with Crippen LogP contribution in [-0.4, -0.2) is 36.0 Å². The number of anilines is 1. The second-order valence-corrected chi connectivity index (χ2v) is 5.81. The standard InChI is InChI=1S/C17H18F3N3O5/c1-9(2)13(14(25)23-16(21)27)28-15(26)10-5-3-4-6-11(10)22-8-7-12(24)17(18,19)20/h3-9,13,22H,1-2H3,(H3,21,23,25,27)/b8-7+/t13-/m1/s1. The van der Waals surface area contributed by atoms with Gasteiger partial charge in [-0.1, -0.05) is 26.0 Å². The van der Waals surface area contributed by atoms with Gasteiger partial charge in [-0.25, -0.2) is 9.59 Å². The first-order chi connectivity index (χ1) is 12.9. The van der Waals surface area contributed by atoms with Gasteiger partial charge in [0.15, 0.2) is 6.10 Å². The number of imide groups is 1. The highest BCUT2D eigenvalue weighted by Gasteiger charge is 2.36. The number of primary amides is 1. The summed E-state index contributed by atoms with van der Waals surface area (Å²) in [7, 11) is 0. The lowest BCUT2D eigenvalue weighted by molar-refractivity contribution is -0.165. The minimum atomic E-state index is -5.02. The number of alkyl halides is 3. The molecule has 8 nitrogen and oxygen atoms in total. The highest BCUT2D eigenvalue weighted by molar-refractivity contribution is 6.00. The van der Waals surface area contributed by atoms with Gasteiger partial charge in [0.2, 0.25) is 0 Å². The molecule has 0 heterocycles. The topological polar surface area (TPSA) is 128 Å². The van der Waals surface area contributed by atoms with Crippen LogP contribution in [0.4, 0.5) is 23.7 Å². The number of urea groups is 1. The van der Waals surface area contributed by atoms with E-state index in [1.807, 2.05) is 5.32 Å². The molecule has 0 unspecified atom stereocenters. The summed E-state index contributed by atoms with van der Waals surface area (Å²) in [6.07, 6.45) is -5.37. The summed E-state index contributed by atoms with van der Waals surface area (Å²) in [5, 5.41) is 4.19. The quantitative estimate of drug-likeness (QED) is 0.474. The van der Waals surface area contributed by atoms with Crippen molar-refractivity contribution >= 4 is 29.4 Å². The number of hydrogen-bond acceptors (Lipinski definition) is 6. The molecule has 152 valence electrons. The van der Waals surface area contributed by atoms with Gasteiger partial charge in [0.1, 0.15) is 0 Å². The summed E-state index contributed by atoms with van der Waals surface area (Å²) in [6, 6.07) is 4.48. The average Bonchev–Trinajstić information content (AvgIpc) is 2.57. The SMILES string of the molecule is CC(C)[C@@H](OC(=O)c1ccccc1N/C=C/C(=O)C(F)(F)F)C(=O)NC(N)=O. The van der Waals surface area contributed by atoms with Crippen molar-refractivity contribution in [3.8, 4) is 0 Å². The van der Waals surface area contributed by atoms with Crippen molar-refractivity contribution < 1.29 is 37.1 Å². The number of benzene rings is 1. The number of nitrogens with two attached hydrogens (primary N) is 1. The van der Waals surface area contributed by atoms with Crippen LogP contribution in [0.1, 0.15) is 24.2 Å². The Balaban J connectivity index is 2.97. The molecule has 0 radical (unpaired) electrons. The number of rotatable bonds is 7. The van der Waals surface area contributed by atoms with E-state index in [1.165, 1.54) is 24.3 Å². The zero-order chi connectivity index (χ0) is 21.5. The summed E-state index contributed by atoms with van der Waals surface area (Å²) < 4.78 is 41.7. The van der Waals surface area contributed by atoms with E-state index in [0.717, 1.165) is 6.20 Å². The Kier molecular flexibility index (Phi) is 7.72. The number of esters is 1. The molecule has 0 aliphatic heterocycles. The Morgan fingerprint density at radius 1 is 1.14 bits per heavy atom. The Morgan fingerprint density at radius 2 is 1.75 bits per heavy atom. The van der Waals surface area contributed by atoms with Crippen LogP contribution in [0.25, 0.3) is 0 Å². The van der Waals surface area contributed by atoms with Crippen molar-refractivity contribution in [2.45, 2.75) is 26.1 Å². The molecule has 0 aromatic heterocycles. The molecule has 1 atom stereocenters. The van der Waals surface area contributed by atoms with Crippen molar-refractivity contribution in [1.82, 2.24) is 5.32 Å². The minimum Gasteiger partial charge on any atom is -0.448 e. The molecule has 0 saturated heterocycles. The first-order valence-electron chi connectivity index (χ1n) is 7.88. The van der Waals surface area contributed by atoms with E-state index < -0.39 is 41.9 Å². The van der Waals surface area contributed by atoms with Gasteiger partial charge in [-0.2, -0.15) is 13.2 Å². The molecule has 1 aromatic carbocycles. The number of ether oxygens (including phenoxy) is 1. The minimum absolute atomic E-state index is 0.0385. The molecular weight excluding hydrogens is 383 g/mol. The van der Waals surface area contributed by atoms with E-state index in [-0.39, 0.29) is 17.3 Å². The molecule has 0 saturated carbocycles. The Morgan fingerprint density at radius 3 is 2.29 bits per heavy atom. The number of hydrogen-bond donors (Lipinski definition) is 3. The zero-order valence-corrected chi connectivity index (χ0v) is 14.9. The number of ketones is 1. The highest BCUT2D eigenvalue weighted by Crippen LogP contribution is 2.20. The number of allylic oxidation sites excluding steroid dienone is 1. The Hall–Kier alpha value is -3.37. The third kappa shape index (κ3) is 6.74. The normalized spacial score (nSPS) is 12.5. The van der Waals surface area contributed by atoms with Gasteiger partial charge < -0.3 is 15.8 Å². The summed E-state index contributed by atoms with van der Waals surface area (Å²) in [4.78, 5) is 46.0. The predicted molar refractivity (Wildman–Crippen MR) is 92.0 cm³/mol. The fourth-order valence-corrected chi connectivity index (χ4v) is 1.95. The Bertz CT molecular complexity index is 790. The maximum Gasteiger partial charge on any atom is 0.454 e. The maximum atomic E-state index is 12.4.